The zero-order chi connectivity index (χ0) is 21.5. The number of fused-ring (bicyclic) bond motifs is 1. The summed E-state index contributed by atoms with van der Waals surface area (Å²) >= 11 is 0. The first-order valence-corrected chi connectivity index (χ1v) is 10.3. The van der Waals surface area contributed by atoms with Crippen molar-refractivity contribution < 1.29 is 9.53 Å². The number of alkyl carbamates (subject to hydrolysis) is 1. The van der Waals surface area contributed by atoms with Crippen LogP contribution >= 0.6 is 0 Å². The Kier molecular flexibility index (Phi) is 5.13. The average molecular weight is 412 g/mol. The summed E-state index contributed by atoms with van der Waals surface area (Å²) in [5.41, 5.74) is 2.16. The number of ether oxygens (including phenoxy) is 1. The standard InChI is InChI=1S/C21H29N7O2/c1-14-16(25-20(29)30-21(2,3)4)7-6-10-27(14)19-18-8-9-22-28(18)13-17(24-19)15-11-23-26(5)12-15/h8-9,11-14,16H,6-7,10H2,1-5H3,(H,25,29). The normalized spacial score (nSPS) is 19.8. The van der Waals surface area contributed by atoms with Gasteiger partial charge in [-0.05, 0) is 46.6 Å². The van der Waals surface area contributed by atoms with Crippen LogP contribution in [0.15, 0.2) is 30.9 Å². The van der Waals surface area contributed by atoms with Crippen LogP contribution in [-0.2, 0) is 11.8 Å². The second kappa shape index (κ2) is 7.62. The second-order valence-electron chi connectivity index (χ2n) is 8.84. The van der Waals surface area contributed by atoms with E-state index in [1.54, 1.807) is 17.1 Å². The van der Waals surface area contributed by atoms with Gasteiger partial charge in [0.2, 0.25) is 0 Å². The van der Waals surface area contributed by atoms with Gasteiger partial charge in [0.15, 0.2) is 5.82 Å². The van der Waals surface area contributed by atoms with Gasteiger partial charge in [-0.3, -0.25) is 4.68 Å². The van der Waals surface area contributed by atoms with Crippen LogP contribution in [0.25, 0.3) is 16.8 Å². The molecule has 2 unspecified atom stereocenters. The summed E-state index contributed by atoms with van der Waals surface area (Å²) in [6.45, 7) is 8.58. The van der Waals surface area contributed by atoms with Crippen molar-refractivity contribution in [3.63, 3.8) is 0 Å². The number of amides is 1. The highest BCUT2D eigenvalue weighted by Crippen LogP contribution is 2.30. The van der Waals surface area contributed by atoms with Crippen molar-refractivity contribution in [2.24, 2.45) is 7.05 Å². The van der Waals surface area contributed by atoms with E-state index in [1.807, 2.05) is 50.8 Å². The fourth-order valence-electron chi connectivity index (χ4n) is 3.91. The van der Waals surface area contributed by atoms with Crippen LogP contribution < -0.4 is 10.2 Å². The van der Waals surface area contributed by atoms with Gasteiger partial charge in [0.25, 0.3) is 0 Å². The third-order valence-corrected chi connectivity index (χ3v) is 5.33. The van der Waals surface area contributed by atoms with Crippen molar-refractivity contribution in [2.75, 3.05) is 11.4 Å². The van der Waals surface area contributed by atoms with E-state index in [1.165, 1.54) is 0 Å². The topological polar surface area (TPSA) is 89.6 Å². The van der Waals surface area contributed by atoms with Gasteiger partial charge in [-0.2, -0.15) is 10.2 Å². The van der Waals surface area contributed by atoms with Crippen molar-refractivity contribution in [1.82, 2.24) is 29.7 Å². The molecule has 30 heavy (non-hydrogen) atoms. The molecular formula is C21H29N7O2. The van der Waals surface area contributed by atoms with Gasteiger partial charge in [0, 0.05) is 31.4 Å². The molecule has 1 aliphatic heterocycles. The van der Waals surface area contributed by atoms with E-state index < -0.39 is 5.60 Å². The number of carbonyl (C=O) groups excluding carboxylic acids is 1. The van der Waals surface area contributed by atoms with Crippen LogP contribution in [-0.4, -0.2) is 54.7 Å². The second-order valence-corrected chi connectivity index (χ2v) is 8.84. The molecular weight excluding hydrogens is 382 g/mol. The number of piperidine rings is 1. The molecule has 160 valence electrons. The molecule has 1 amide bonds. The molecule has 1 saturated heterocycles. The van der Waals surface area contributed by atoms with E-state index in [0.717, 1.165) is 42.0 Å². The number of anilines is 1. The van der Waals surface area contributed by atoms with Crippen molar-refractivity contribution in [3.05, 3.63) is 30.9 Å². The molecule has 3 aromatic heterocycles. The Morgan fingerprint density at radius 2 is 2.07 bits per heavy atom. The summed E-state index contributed by atoms with van der Waals surface area (Å²) < 4.78 is 9.07. The number of nitrogens with one attached hydrogen (secondary N) is 1. The Bertz CT molecular complexity index is 1050. The van der Waals surface area contributed by atoms with E-state index in [0.29, 0.717) is 0 Å². The van der Waals surface area contributed by atoms with E-state index in [4.69, 9.17) is 9.72 Å². The van der Waals surface area contributed by atoms with Crippen LogP contribution in [0.3, 0.4) is 0 Å². The zero-order valence-corrected chi connectivity index (χ0v) is 18.2. The smallest absolute Gasteiger partial charge is 0.407 e. The number of hydrogen-bond donors (Lipinski definition) is 1. The quantitative estimate of drug-likeness (QED) is 0.713. The summed E-state index contributed by atoms with van der Waals surface area (Å²) in [6.07, 6.45) is 8.90. The lowest BCUT2D eigenvalue weighted by Crippen LogP contribution is -2.55. The molecule has 0 spiro atoms. The third-order valence-electron chi connectivity index (χ3n) is 5.33. The summed E-state index contributed by atoms with van der Waals surface area (Å²) in [5, 5.41) is 11.7. The van der Waals surface area contributed by atoms with Gasteiger partial charge < -0.3 is 15.0 Å². The van der Waals surface area contributed by atoms with Crippen LogP contribution in [0.2, 0.25) is 0 Å². The highest BCUT2D eigenvalue weighted by molar-refractivity contribution is 5.73. The Balaban J connectivity index is 1.64. The average Bonchev–Trinajstić information content (AvgIpc) is 3.30. The summed E-state index contributed by atoms with van der Waals surface area (Å²) in [7, 11) is 1.89. The van der Waals surface area contributed by atoms with Gasteiger partial charge in [-0.15, -0.1) is 0 Å². The molecule has 4 heterocycles. The van der Waals surface area contributed by atoms with E-state index in [-0.39, 0.29) is 18.2 Å². The largest absolute Gasteiger partial charge is 0.444 e. The maximum Gasteiger partial charge on any atom is 0.407 e. The maximum absolute atomic E-state index is 12.3. The molecule has 0 saturated carbocycles. The van der Waals surface area contributed by atoms with Crippen molar-refractivity contribution >= 4 is 17.4 Å². The molecule has 1 aliphatic rings. The SMILES string of the molecule is CC1C(NC(=O)OC(C)(C)C)CCCN1c1nc(-c2cnn(C)c2)cn2nccc12. The molecule has 9 nitrogen and oxygen atoms in total. The Morgan fingerprint density at radius 3 is 2.77 bits per heavy atom. The molecule has 0 aromatic carbocycles. The fourth-order valence-corrected chi connectivity index (χ4v) is 3.91. The molecule has 9 heteroatoms. The van der Waals surface area contributed by atoms with Gasteiger partial charge in [-0.1, -0.05) is 0 Å². The van der Waals surface area contributed by atoms with Crippen LogP contribution in [0.5, 0.6) is 0 Å². The molecule has 1 N–H and O–H groups in total. The Morgan fingerprint density at radius 1 is 1.27 bits per heavy atom. The number of rotatable bonds is 3. The minimum absolute atomic E-state index is 0.0274. The molecule has 1 fully saturated rings. The molecule has 4 rings (SSSR count). The summed E-state index contributed by atoms with van der Waals surface area (Å²) in [5.74, 6) is 0.858. The van der Waals surface area contributed by atoms with E-state index in [2.05, 4.69) is 27.3 Å². The van der Waals surface area contributed by atoms with Gasteiger partial charge in [0.1, 0.15) is 11.1 Å². The van der Waals surface area contributed by atoms with E-state index in [9.17, 15) is 4.79 Å². The molecule has 0 bridgehead atoms. The van der Waals surface area contributed by atoms with Gasteiger partial charge >= 0.3 is 6.09 Å². The van der Waals surface area contributed by atoms with E-state index >= 15 is 0 Å². The Labute approximate surface area is 176 Å². The molecule has 0 aliphatic carbocycles. The molecule has 2 atom stereocenters. The van der Waals surface area contributed by atoms with Crippen molar-refractivity contribution in [3.8, 4) is 11.3 Å². The number of hydrogen-bond acceptors (Lipinski definition) is 6. The van der Waals surface area contributed by atoms with Crippen LogP contribution in [0.1, 0.15) is 40.5 Å². The summed E-state index contributed by atoms with van der Waals surface area (Å²) in [4.78, 5) is 19.6. The van der Waals surface area contributed by atoms with Crippen molar-refractivity contribution in [1.29, 1.82) is 0 Å². The first-order valence-electron chi connectivity index (χ1n) is 10.3. The van der Waals surface area contributed by atoms with Crippen molar-refractivity contribution in [2.45, 2.75) is 58.2 Å². The fraction of sp³-hybridized carbons (Fsp3) is 0.524. The monoisotopic (exact) mass is 411 g/mol. The van der Waals surface area contributed by atoms with Gasteiger partial charge in [0.05, 0.1) is 30.3 Å². The zero-order valence-electron chi connectivity index (χ0n) is 18.2. The molecule has 0 radical (unpaired) electrons. The predicted molar refractivity (Wildman–Crippen MR) is 114 cm³/mol. The lowest BCUT2D eigenvalue weighted by Gasteiger charge is -2.40. The number of nitrogens with zero attached hydrogens (tertiary/aromatic N) is 6. The van der Waals surface area contributed by atoms with Crippen LogP contribution in [0.4, 0.5) is 10.6 Å². The minimum atomic E-state index is -0.523. The highest BCUT2D eigenvalue weighted by atomic mass is 16.6. The number of carbonyl (C=O) groups is 1. The first-order chi connectivity index (χ1) is 14.2. The number of aryl methyl sites for hydroxylation is 1. The minimum Gasteiger partial charge on any atom is -0.444 e. The molecule has 3 aromatic rings. The lowest BCUT2D eigenvalue weighted by molar-refractivity contribution is 0.0489. The highest BCUT2D eigenvalue weighted by Gasteiger charge is 2.32. The lowest BCUT2D eigenvalue weighted by atomic mass is 9.97. The third kappa shape index (κ3) is 4.10. The first kappa shape index (κ1) is 20.2. The number of aromatic nitrogens is 5. The van der Waals surface area contributed by atoms with Gasteiger partial charge in [-0.25, -0.2) is 14.3 Å². The van der Waals surface area contributed by atoms with Crippen LogP contribution in [0, 0.1) is 0 Å². The maximum atomic E-state index is 12.3. The Hall–Kier alpha value is -3.10. The predicted octanol–water partition coefficient (Wildman–Crippen LogP) is 3.01. The summed E-state index contributed by atoms with van der Waals surface area (Å²) in [6, 6.07) is 1.99.